The number of imidazole rings is 1. The first kappa shape index (κ1) is 20.6. The van der Waals surface area contributed by atoms with Gasteiger partial charge in [-0.15, -0.1) is 0 Å². The highest BCUT2D eigenvalue weighted by atomic mass is 16.3. The quantitative estimate of drug-likeness (QED) is 0.458. The molecule has 0 amide bonds. The Balaban J connectivity index is 2.23. The zero-order valence-electron chi connectivity index (χ0n) is 17.3. The number of aromatic hydroxyl groups is 1. The van der Waals surface area contributed by atoms with Gasteiger partial charge in [-0.25, -0.2) is 9.20 Å². The van der Waals surface area contributed by atoms with Crippen molar-refractivity contribution in [3.8, 4) is 5.88 Å². The molecule has 10 nitrogen and oxygen atoms in total. The van der Waals surface area contributed by atoms with Crippen LogP contribution in [0.3, 0.4) is 0 Å². The molecule has 31 heavy (non-hydrogen) atoms. The summed E-state index contributed by atoms with van der Waals surface area (Å²) in [5.41, 5.74) is -0.900. The van der Waals surface area contributed by atoms with Crippen LogP contribution in [0.5, 0.6) is 5.88 Å². The molecule has 162 valence electrons. The maximum atomic E-state index is 13.3. The summed E-state index contributed by atoms with van der Waals surface area (Å²) in [5.74, 6) is -0.275. The molecule has 1 aromatic carbocycles. The molecule has 3 aromatic heterocycles. The van der Waals surface area contributed by atoms with E-state index in [9.17, 15) is 24.6 Å². The standard InChI is InChI=1S/C21H23N5O5/c1-3-23-16-15(19(30)24(4-2)21(23)31)26-18(29)14(10-11-27)17(28)25(20(26)22-16)12-13-8-6-5-7-9-13/h5-9,27-28H,3-4,10-12H2,1-2H3. The van der Waals surface area contributed by atoms with Crippen LogP contribution in [-0.4, -0.2) is 39.9 Å². The van der Waals surface area contributed by atoms with E-state index in [4.69, 9.17) is 0 Å². The van der Waals surface area contributed by atoms with Crippen molar-refractivity contribution >= 4 is 16.9 Å². The van der Waals surface area contributed by atoms with Crippen LogP contribution in [0.2, 0.25) is 0 Å². The number of aryl methyl sites for hydroxylation is 1. The number of hydrogen-bond acceptors (Lipinski definition) is 6. The predicted molar refractivity (Wildman–Crippen MR) is 115 cm³/mol. The summed E-state index contributed by atoms with van der Waals surface area (Å²) >= 11 is 0. The maximum absolute atomic E-state index is 13.3. The third kappa shape index (κ3) is 3.07. The summed E-state index contributed by atoms with van der Waals surface area (Å²) in [6.07, 6.45) is -0.0928. The Morgan fingerprint density at radius 2 is 1.61 bits per heavy atom. The van der Waals surface area contributed by atoms with Crippen molar-refractivity contribution in [3.63, 3.8) is 0 Å². The lowest BCUT2D eigenvalue weighted by atomic mass is 10.2. The van der Waals surface area contributed by atoms with E-state index in [0.29, 0.717) is 0 Å². The van der Waals surface area contributed by atoms with E-state index in [1.54, 1.807) is 13.8 Å². The Morgan fingerprint density at radius 1 is 0.935 bits per heavy atom. The normalized spacial score (nSPS) is 11.6. The smallest absolute Gasteiger partial charge is 0.332 e. The van der Waals surface area contributed by atoms with Gasteiger partial charge >= 0.3 is 5.69 Å². The summed E-state index contributed by atoms with van der Waals surface area (Å²) in [6.45, 7) is 3.64. The fourth-order valence-corrected chi connectivity index (χ4v) is 3.90. The van der Waals surface area contributed by atoms with Crippen molar-refractivity contribution in [2.24, 2.45) is 0 Å². The van der Waals surface area contributed by atoms with Crippen molar-refractivity contribution in [2.45, 2.75) is 39.9 Å². The zero-order valence-corrected chi connectivity index (χ0v) is 17.3. The monoisotopic (exact) mass is 425 g/mol. The molecule has 2 N–H and O–H groups in total. The summed E-state index contributed by atoms with van der Waals surface area (Å²) in [4.78, 5) is 43.6. The zero-order chi connectivity index (χ0) is 22.3. The lowest BCUT2D eigenvalue weighted by molar-refractivity contribution is 0.295. The minimum absolute atomic E-state index is 0.0238. The highest BCUT2D eigenvalue weighted by Crippen LogP contribution is 2.22. The molecule has 0 aliphatic carbocycles. The molecule has 0 spiro atoms. The van der Waals surface area contributed by atoms with Crippen molar-refractivity contribution in [1.82, 2.24) is 23.1 Å². The number of aliphatic hydroxyl groups excluding tert-OH is 1. The average molecular weight is 425 g/mol. The van der Waals surface area contributed by atoms with Crippen LogP contribution in [-0.2, 0) is 26.1 Å². The molecule has 4 rings (SSSR count). The molecule has 0 fully saturated rings. The van der Waals surface area contributed by atoms with E-state index in [2.05, 4.69) is 4.98 Å². The van der Waals surface area contributed by atoms with Gasteiger partial charge in [-0.3, -0.25) is 23.3 Å². The number of fused-ring (bicyclic) bond motifs is 3. The van der Waals surface area contributed by atoms with Crippen molar-refractivity contribution in [3.05, 3.63) is 72.7 Å². The van der Waals surface area contributed by atoms with Gasteiger partial charge in [0.05, 0.1) is 12.1 Å². The van der Waals surface area contributed by atoms with E-state index in [1.807, 2.05) is 30.3 Å². The largest absolute Gasteiger partial charge is 0.494 e. The molecule has 0 atom stereocenters. The molecule has 0 aliphatic heterocycles. The summed E-state index contributed by atoms with van der Waals surface area (Å²) in [5, 5.41) is 20.3. The molecule has 0 radical (unpaired) electrons. The highest BCUT2D eigenvalue weighted by molar-refractivity contribution is 5.75. The first-order chi connectivity index (χ1) is 14.9. The van der Waals surface area contributed by atoms with Gasteiger partial charge in [0.1, 0.15) is 0 Å². The summed E-state index contributed by atoms with van der Waals surface area (Å²) in [6, 6.07) is 9.26. The van der Waals surface area contributed by atoms with Crippen molar-refractivity contribution in [2.75, 3.05) is 6.61 Å². The third-order valence-corrected chi connectivity index (χ3v) is 5.41. The Labute approximate surface area is 175 Å². The highest BCUT2D eigenvalue weighted by Gasteiger charge is 2.24. The molecule has 0 aliphatic rings. The molecule has 3 heterocycles. The first-order valence-corrected chi connectivity index (χ1v) is 10.1. The van der Waals surface area contributed by atoms with Crippen molar-refractivity contribution < 1.29 is 10.2 Å². The number of nitrogens with zero attached hydrogens (tertiary/aromatic N) is 5. The Kier molecular flexibility index (Phi) is 5.24. The summed E-state index contributed by atoms with van der Waals surface area (Å²) in [7, 11) is 0. The number of aromatic nitrogens is 5. The van der Waals surface area contributed by atoms with Gasteiger partial charge < -0.3 is 10.2 Å². The van der Waals surface area contributed by atoms with E-state index in [-0.39, 0.29) is 61.0 Å². The SMILES string of the molecule is CCn1c(=O)c2c(nc3n(Cc4ccccc4)c(O)c(CCO)c(=O)n23)n(CC)c1=O. The van der Waals surface area contributed by atoms with Crippen LogP contribution in [0.15, 0.2) is 44.7 Å². The van der Waals surface area contributed by atoms with Crippen LogP contribution in [0.1, 0.15) is 25.0 Å². The van der Waals surface area contributed by atoms with Crippen LogP contribution >= 0.6 is 0 Å². The van der Waals surface area contributed by atoms with E-state index in [1.165, 1.54) is 9.13 Å². The molecule has 0 unspecified atom stereocenters. The third-order valence-electron chi connectivity index (χ3n) is 5.41. The maximum Gasteiger partial charge on any atom is 0.332 e. The topological polar surface area (TPSA) is 124 Å². The number of hydrogen-bond donors (Lipinski definition) is 2. The second-order valence-electron chi connectivity index (χ2n) is 7.15. The predicted octanol–water partition coefficient (Wildman–Crippen LogP) is 0.301. The lowest BCUT2D eigenvalue weighted by Crippen LogP contribution is -2.40. The number of benzene rings is 1. The van der Waals surface area contributed by atoms with Gasteiger partial charge in [0.25, 0.3) is 11.1 Å². The molecule has 4 aromatic rings. The molecule has 0 bridgehead atoms. The molecule has 10 heteroatoms. The average Bonchev–Trinajstić information content (AvgIpc) is 3.16. The van der Waals surface area contributed by atoms with Gasteiger partial charge in [0.15, 0.2) is 11.2 Å². The summed E-state index contributed by atoms with van der Waals surface area (Å²) < 4.78 is 4.95. The van der Waals surface area contributed by atoms with Crippen LogP contribution < -0.4 is 16.8 Å². The van der Waals surface area contributed by atoms with Crippen LogP contribution in [0.25, 0.3) is 16.9 Å². The molecular formula is C21H23N5O5. The van der Waals surface area contributed by atoms with Gasteiger partial charge in [-0.05, 0) is 19.4 Å². The van der Waals surface area contributed by atoms with E-state index >= 15 is 0 Å². The fourth-order valence-electron chi connectivity index (χ4n) is 3.90. The van der Waals surface area contributed by atoms with E-state index in [0.717, 1.165) is 14.5 Å². The Bertz CT molecular complexity index is 1460. The molecular weight excluding hydrogens is 402 g/mol. The number of aliphatic hydroxyl groups is 1. The minimum Gasteiger partial charge on any atom is -0.494 e. The van der Waals surface area contributed by atoms with Gasteiger partial charge in [0.2, 0.25) is 11.7 Å². The van der Waals surface area contributed by atoms with E-state index < -0.39 is 16.8 Å². The first-order valence-electron chi connectivity index (χ1n) is 10.1. The molecule has 0 saturated carbocycles. The second kappa shape index (κ2) is 7.88. The number of rotatable bonds is 6. The van der Waals surface area contributed by atoms with Crippen LogP contribution in [0.4, 0.5) is 0 Å². The Hall–Kier alpha value is -3.66. The Morgan fingerprint density at radius 3 is 2.23 bits per heavy atom. The van der Waals surface area contributed by atoms with Gasteiger partial charge in [-0.2, -0.15) is 4.98 Å². The van der Waals surface area contributed by atoms with Crippen molar-refractivity contribution in [1.29, 1.82) is 0 Å². The second-order valence-corrected chi connectivity index (χ2v) is 7.15. The van der Waals surface area contributed by atoms with Gasteiger partial charge in [0, 0.05) is 26.1 Å². The minimum atomic E-state index is -0.644. The van der Waals surface area contributed by atoms with Gasteiger partial charge in [-0.1, -0.05) is 30.3 Å². The molecule has 0 saturated heterocycles. The lowest BCUT2D eigenvalue weighted by Gasteiger charge is -2.14. The fraction of sp³-hybridized carbons (Fsp3) is 0.333. The van der Waals surface area contributed by atoms with Crippen LogP contribution in [0, 0.1) is 0 Å².